The van der Waals surface area contributed by atoms with Crippen molar-refractivity contribution in [3.63, 3.8) is 0 Å². The SMILES string of the molecule is COCCN(CCBr)C(=O)c1cc2sccc2s1. The van der Waals surface area contributed by atoms with Crippen LogP contribution in [0.3, 0.4) is 0 Å². The van der Waals surface area contributed by atoms with Gasteiger partial charge in [0.2, 0.25) is 0 Å². The minimum atomic E-state index is 0.0971. The van der Waals surface area contributed by atoms with Gasteiger partial charge < -0.3 is 9.64 Å². The summed E-state index contributed by atoms with van der Waals surface area (Å²) in [6, 6.07) is 4.05. The van der Waals surface area contributed by atoms with E-state index in [-0.39, 0.29) is 5.91 Å². The van der Waals surface area contributed by atoms with Gasteiger partial charge in [-0.05, 0) is 17.5 Å². The summed E-state index contributed by atoms with van der Waals surface area (Å²) in [7, 11) is 1.65. The number of hydrogen-bond donors (Lipinski definition) is 0. The maximum absolute atomic E-state index is 12.4. The molecule has 6 heteroatoms. The van der Waals surface area contributed by atoms with Crippen LogP contribution in [0.2, 0.25) is 0 Å². The number of carbonyl (C=O) groups excluding carboxylic acids is 1. The number of hydrogen-bond acceptors (Lipinski definition) is 4. The van der Waals surface area contributed by atoms with Gasteiger partial charge in [0.1, 0.15) is 0 Å². The molecule has 0 aromatic carbocycles. The van der Waals surface area contributed by atoms with E-state index in [2.05, 4.69) is 27.4 Å². The predicted molar refractivity (Wildman–Crippen MR) is 81.3 cm³/mol. The number of fused-ring (bicyclic) bond motifs is 1. The van der Waals surface area contributed by atoms with Crippen LogP contribution in [0.5, 0.6) is 0 Å². The first-order chi connectivity index (χ1) is 8.76. The number of ether oxygens (including phenoxy) is 1. The molecule has 0 N–H and O–H groups in total. The van der Waals surface area contributed by atoms with Crippen LogP contribution in [-0.2, 0) is 4.74 Å². The Labute approximate surface area is 122 Å². The molecular weight excluding hydrogens is 334 g/mol. The quantitative estimate of drug-likeness (QED) is 0.749. The zero-order valence-corrected chi connectivity index (χ0v) is 13.2. The summed E-state index contributed by atoms with van der Waals surface area (Å²) in [6.07, 6.45) is 0. The summed E-state index contributed by atoms with van der Waals surface area (Å²) in [5.74, 6) is 0.0971. The molecule has 0 spiro atoms. The first-order valence-electron chi connectivity index (χ1n) is 5.57. The smallest absolute Gasteiger partial charge is 0.264 e. The maximum Gasteiger partial charge on any atom is 0.264 e. The average molecular weight is 348 g/mol. The number of rotatable bonds is 6. The minimum Gasteiger partial charge on any atom is -0.383 e. The summed E-state index contributed by atoms with van der Waals surface area (Å²) >= 11 is 6.62. The molecule has 0 unspecified atom stereocenters. The van der Waals surface area contributed by atoms with Gasteiger partial charge in [-0.25, -0.2) is 0 Å². The van der Waals surface area contributed by atoms with Crippen LogP contribution in [0.15, 0.2) is 17.5 Å². The van der Waals surface area contributed by atoms with Crippen LogP contribution in [0.4, 0.5) is 0 Å². The van der Waals surface area contributed by atoms with Crippen LogP contribution < -0.4 is 0 Å². The second-order valence-corrected chi connectivity index (χ2v) is 6.56. The topological polar surface area (TPSA) is 29.5 Å². The van der Waals surface area contributed by atoms with Gasteiger partial charge in [0, 0.05) is 34.9 Å². The van der Waals surface area contributed by atoms with E-state index in [1.54, 1.807) is 29.8 Å². The zero-order valence-electron chi connectivity index (χ0n) is 10.0. The van der Waals surface area contributed by atoms with Gasteiger partial charge in [-0.2, -0.15) is 0 Å². The molecule has 0 atom stereocenters. The Hall–Kier alpha value is -0.430. The standard InChI is InChI=1S/C12H14BrNO2S2/c1-16-6-5-14(4-3-13)12(15)11-8-10-9(18-11)2-7-17-10/h2,7-8H,3-6H2,1H3. The molecule has 18 heavy (non-hydrogen) atoms. The van der Waals surface area contributed by atoms with E-state index < -0.39 is 0 Å². The molecule has 0 aliphatic rings. The number of thiophene rings is 2. The highest BCUT2D eigenvalue weighted by Gasteiger charge is 2.17. The highest BCUT2D eigenvalue weighted by molar-refractivity contribution is 9.09. The molecule has 0 bridgehead atoms. The van der Waals surface area contributed by atoms with E-state index in [1.165, 1.54) is 9.40 Å². The van der Waals surface area contributed by atoms with E-state index in [0.717, 1.165) is 10.2 Å². The van der Waals surface area contributed by atoms with E-state index in [1.807, 2.05) is 11.0 Å². The monoisotopic (exact) mass is 347 g/mol. The lowest BCUT2D eigenvalue weighted by atomic mass is 10.3. The number of halogens is 1. The summed E-state index contributed by atoms with van der Waals surface area (Å²) < 4.78 is 7.42. The molecule has 2 rings (SSSR count). The molecule has 98 valence electrons. The number of nitrogens with zero attached hydrogens (tertiary/aromatic N) is 1. The van der Waals surface area contributed by atoms with Gasteiger partial charge in [0.25, 0.3) is 5.91 Å². The van der Waals surface area contributed by atoms with Crippen molar-refractivity contribution in [3.05, 3.63) is 22.4 Å². The molecule has 0 saturated heterocycles. The molecule has 2 aromatic heterocycles. The van der Waals surface area contributed by atoms with Crippen LogP contribution >= 0.6 is 38.6 Å². The lowest BCUT2D eigenvalue weighted by Crippen LogP contribution is -2.34. The Morgan fingerprint density at radius 3 is 2.94 bits per heavy atom. The number of alkyl halides is 1. The minimum absolute atomic E-state index is 0.0971. The van der Waals surface area contributed by atoms with Gasteiger partial charge in [-0.1, -0.05) is 15.9 Å². The molecule has 0 aliphatic carbocycles. The fourth-order valence-electron chi connectivity index (χ4n) is 1.65. The van der Waals surface area contributed by atoms with Gasteiger partial charge in [0.15, 0.2) is 0 Å². The van der Waals surface area contributed by atoms with Crippen molar-refractivity contribution in [3.8, 4) is 0 Å². The summed E-state index contributed by atoms with van der Waals surface area (Å²) in [4.78, 5) is 15.0. The summed E-state index contributed by atoms with van der Waals surface area (Å²) in [5, 5.41) is 2.83. The third-order valence-electron chi connectivity index (χ3n) is 2.56. The maximum atomic E-state index is 12.4. The van der Waals surface area contributed by atoms with Crippen molar-refractivity contribution in [1.29, 1.82) is 0 Å². The predicted octanol–water partition coefficient (Wildman–Crippen LogP) is 3.45. The third-order valence-corrected chi connectivity index (χ3v) is 4.99. The highest BCUT2D eigenvalue weighted by Crippen LogP contribution is 2.30. The Morgan fingerprint density at radius 1 is 1.44 bits per heavy atom. The van der Waals surface area contributed by atoms with Crippen molar-refractivity contribution >= 4 is 53.9 Å². The first kappa shape index (κ1) is 14.0. The molecular formula is C12H14BrNO2S2. The average Bonchev–Trinajstić information content (AvgIpc) is 2.94. The molecule has 0 aliphatic heterocycles. The Bertz CT molecular complexity index is 494. The van der Waals surface area contributed by atoms with Crippen LogP contribution in [0, 0.1) is 0 Å². The van der Waals surface area contributed by atoms with Crippen LogP contribution in [0.25, 0.3) is 9.40 Å². The van der Waals surface area contributed by atoms with E-state index in [4.69, 9.17) is 4.74 Å². The normalized spacial score (nSPS) is 11.0. The van der Waals surface area contributed by atoms with E-state index in [9.17, 15) is 4.79 Å². The second-order valence-electron chi connectivity index (χ2n) is 3.73. The highest BCUT2D eigenvalue weighted by atomic mass is 79.9. The Morgan fingerprint density at radius 2 is 2.28 bits per heavy atom. The molecule has 1 amide bonds. The van der Waals surface area contributed by atoms with Crippen molar-refractivity contribution in [2.24, 2.45) is 0 Å². The number of carbonyl (C=O) groups is 1. The molecule has 2 aromatic rings. The largest absolute Gasteiger partial charge is 0.383 e. The molecule has 0 fully saturated rings. The van der Waals surface area contributed by atoms with E-state index in [0.29, 0.717) is 19.7 Å². The number of amides is 1. The molecule has 0 radical (unpaired) electrons. The summed E-state index contributed by atoms with van der Waals surface area (Å²) in [6.45, 7) is 1.90. The lowest BCUT2D eigenvalue weighted by Gasteiger charge is -2.20. The lowest BCUT2D eigenvalue weighted by molar-refractivity contribution is 0.0714. The zero-order chi connectivity index (χ0) is 13.0. The van der Waals surface area contributed by atoms with Gasteiger partial charge in [0.05, 0.1) is 11.5 Å². The van der Waals surface area contributed by atoms with Gasteiger partial charge in [-0.3, -0.25) is 4.79 Å². The summed E-state index contributed by atoms with van der Waals surface area (Å²) in [5.41, 5.74) is 0. The van der Waals surface area contributed by atoms with Crippen molar-refractivity contribution in [1.82, 2.24) is 4.90 Å². The molecule has 3 nitrogen and oxygen atoms in total. The van der Waals surface area contributed by atoms with E-state index >= 15 is 0 Å². The van der Waals surface area contributed by atoms with Gasteiger partial charge in [-0.15, -0.1) is 22.7 Å². The molecule has 2 heterocycles. The Kier molecular flexibility index (Phi) is 5.17. The van der Waals surface area contributed by atoms with Crippen molar-refractivity contribution in [2.75, 3.05) is 32.1 Å². The Balaban J connectivity index is 2.13. The molecule has 0 saturated carbocycles. The van der Waals surface area contributed by atoms with Crippen LogP contribution in [-0.4, -0.2) is 42.9 Å². The fraction of sp³-hybridized carbons (Fsp3) is 0.417. The fourth-order valence-corrected chi connectivity index (χ4v) is 4.15. The number of methoxy groups -OCH3 is 1. The first-order valence-corrected chi connectivity index (χ1v) is 8.39. The second kappa shape index (κ2) is 6.65. The van der Waals surface area contributed by atoms with Crippen LogP contribution in [0.1, 0.15) is 9.67 Å². The third kappa shape index (κ3) is 3.12. The van der Waals surface area contributed by atoms with Crippen molar-refractivity contribution in [2.45, 2.75) is 0 Å². The van der Waals surface area contributed by atoms with Crippen molar-refractivity contribution < 1.29 is 9.53 Å². The van der Waals surface area contributed by atoms with Gasteiger partial charge >= 0.3 is 0 Å².